The molecule has 3 rings (SSSR count). The Bertz CT molecular complexity index is 804. The molecule has 3 aromatic rings. The van der Waals surface area contributed by atoms with E-state index in [9.17, 15) is 9.59 Å². The number of amides is 1. The lowest BCUT2D eigenvalue weighted by Gasteiger charge is -1.95. The first-order valence-electron chi connectivity index (χ1n) is 5.89. The van der Waals surface area contributed by atoms with E-state index in [4.69, 9.17) is 4.42 Å². The van der Waals surface area contributed by atoms with Crippen LogP contribution in [0.15, 0.2) is 34.7 Å². The average Bonchev–Trinajstić information content (AvgIpc) is 3.02. The summed E-state index contributed by atoms with van der Waals surface area (Å²) in [6.07, 6.45) is 0.670. The predicted octanol–water partition coefficient (Wildman–Crippen LogP) is 3.33. The Labute approximate surface area is 118 Å². The van der Waals surface area contributed by atoms with Crippen molar-refractivity contribution in [2.75, 3.05) is 5.32 Å². The third-order valence-electron chi connectivity index (χ3n) is 2.70. The van der Waals surface area contributed by atoms with Crippen LogP contribution in [-0.2, 0) is 4.79 Å². The number of furan rings is 1. The summed E-state index contributed by atoms with van der Waals surface area (Å²) in [5.41, 5.74) is 1.67. The van der Waals surface area contributed by atoms with Gasteiger partial charge in [-0.15, -0.1) is 0 Å². The summed E-state index contributed by atoms with van der Waals surface area (Å²) in [4.78, 5) is 26.0. The SMILES string of the molecule is CC(=O)Nc1nc2ccc(-c3ccc(C=O)o3)cc2s1. The molecule has 0 spiro atoms. The number of carbonyl (C=O) groups excluding carboxylic acids is 2. The molecule has 0 aliphatic carbocycles. The van der Waals surface area contributed by atoms with Gasteiger partial charge < -0.3 is 9.73 Å². The van der Waals surface area contributed by atoms with E-state index in [2.05, 4.69) is 10.3 Å². The van der Waals surface area contributed by atoms with Gasteiger partial charge in [0.25, 0.3) is 0 Å². The molecular formula is C14H10N2O3S. The highest BCUT2D eigenvalue weighted by atomic mass is 32.1. The number of hydrogen-bond acceptors (Lipinski definition) is 5. The number of nitrogens with zero attached hydrogens (tertiary/aromatic N) is 1. The van der Waals surface area contributed by atoms with Crippen LogP contribution in [0.1, 0.15) is 17.5 Å². The Morgan fingerprint density at radius 3 is 2.90 bits per heavy atom. The largest absolute Gasteiger partial charge is 0.453 e. The molecular weight excluding hydrogens is 276 g/mol. The Balaban J connectivity index is 2.01. The Hall–Kier alpha value is -2.47. The second-order valence-electron chi connectivity index (χ2n) is 4.20. The molecule has 0 radical (unpaired) electrons. The number of fused-ring (bicyclic) bond motifs is 1. The highest BCUT2D eigenvalue weighted by molar-refractivity contribution is 7.22. The lowest BCUT2D eigenvalue weighted by Crippen LogP contribution is -2.04. The molecule has 0 fully saturated rings. The lowest BCUT2D eigenvalue weighted by atomic mass is 10.2. The molecule has 1 N–H and O–H groups in total. The zero-order valence-electron chi connectivity index (χ0n) is 10.5. The monoisotopic (exact) mass is 286 g/mol. The fourth-order valence-electron chi connectivity index (χ4n) is 1.85. The first-order valence-corrected chi connectivity index (χ1v) is 6.71. The van der Waals surface area contributed by atoms with Gasteiger partial charge in [-0.2, -0.15) is 0 Å². The first kappa shape index (κ1) is 12.6. The van der Waals surface area contributed by atoms with Gasteiger partial charge in [0, 0.05) is 12.5 Å². The van der Waals surface area contributed by atoms with Crippen LogP contribution in [0.3, 0.4) is 0 Å². The molecule has 100 valence electrons. The molecule has 0 saturated carbocycles. The van der Waals surface area contributed by atoms with E-state index in [-0.39, 0.29) is 5.91 Å². The van der Waals surface area contributed by atoms with Crippen molar-refractivity contribution >= 4 is 38.9 Å². The average molecular weight is 286 g/mol. The van der Waals surface area contributed by atoms with Crippen LogP contribution in [0.2, 0.25) is 0 Å². The van der Waals surface area contributed by atoms with Crippen molar-refractivity contribution in [1.29, 1.82) is 0 Å². The number of nitrogens with one attached hydrogen (secondary N) is 1. The van der Waals surface area contributed by atoms with Crippen molar-refractivity contribution in [3.05, 3.63) is 36.1 Å². The van der Waals surface area contributed by atoms with E-state index in [0.717, 1.165) is 15.8 Å². The van der Waals surface area contributed by atoms with Gasteiger partial charge in [-0.05, 0) is 30.3 Å². The number of benzene rings is 1. The normalized spacial score (nSPS) is 10.7. The molecule has 0 aliphatic rings. The van der Waals surface area contributed by atoms with Crippen LogP contribution in [0.25, 0.3) is 21.5 Å². The molecule has 1 amide bonds. The molecule has 2 aromatic heterocycles. The van der Waals surface area contributed by atoms with Crippen molar-refractivity contribution in [3.63, 3.8) is 0 Å². The summed E-state index contributed by atoms with van der Waals surface area (Å²) in [6, 6.07) is 9.02. The predicted molar refractivity (Wildman–Crippen MR) is 77.0 cm³/mol. The van der Waals surface area contributed by atoms with Gasteiger partial charge >= 0.3 is 0 Å². The minimum Gasteiger partial charge on any atom is -0.453 e. The molecule has 6 heteroatoms. The molecule has 5 nitrogen and oxygen atoms in total. The summed E-state index contributed by atoms with van der Waals surface area (Å²) in [7, 11) is 0. The number of carbonyl (C=O) groups is 2. The fraction of sp³-hybridized carbons (Fsp3) is 0.0714. The minimum atomic E-state index is -0.147. The van der Waals surface area contributed by atoms with Crippen molar-refractivity contribution in [2.45, 2.75) is 6.92 Å². The van der Waals surface area contributed by atoms with E-state index in [1.54, 1.807) is 12.1 Å². The zero-order valence-corrected chi connectivity index (χ0v) is 11.4. The maximum atomic E-state index is 11.0. The lowest BCUT2D eigenvalue weighted by molar-refractivity contribution is -0.114. The molecule has 0 saturated heterocycles. The van der Waals surface area contributed by atoms with E-state index in [1.165, 1.54) is 18.3 Å². The quantitative estimate of drug-likeness (QED) is 0.750. The highest BCUT2D eigenvalue weighted by Gasteiger charge is 2.09. The summed E-state index contributed by atoms with van der Waals surface area (Å²) in [5.74, 6) is 0.776. The Morgan fingerprint density at radius 1 is 1.35 bits per heavy atom. The topological polar surface area (TPSA) is 72.2 Å². The first-order chi connectivity index (χ1) is 9.65. The smallest absolute Gasteiger partial charge is 0.223 e. The summed E-state index contributed by atoms with van der Waals surface area (Å²) in [6.45, 7) is 1.45. The van der Waals surface area contributed by atoms with Gasteiger partial charge in [0.2, 0.25) is 5.91 Å². The van der Waals surface area contributed by atoms with Gasteiger partial charge in [-0.1, -0.05) is 11.3 Å². The molecule has 20 heavy (non-hydrogen) atoms. The van der Waals surface area contributed by atoms with E-state index in [0.29, 0.717) is 22.9 Å². The van der Waals surface area contributed by atoms with E-state index < -0.39 is 0 Å². The van der Waals surface area contributed by atoms with Gasteiger partial charge in [-0.3, -0.25) is 9.59 Å². The van der Waals surface area contributed by atoms with Crippen LogP contribution in [0, 0.1) is 0 Å². The number of anilines is 1. The number of aromatic nitrogens is 1. The van der Waals surface area contributed by atoms with Gasteiger partial charge in [0.1, 0.15) is 5.76 Å². The van der Waals surface area contributed by atoms with Crippen molar-refractivity contribution in [1.82, 2.24) is 4.98 Å². The molecule has 1 aromatic carbocycles. The number of rotatable bonds is 3. The van der Waals surface area contributed by atoms with E-state index >= 15 is 0 Å². The van der Waals surface area contributed by atoms with Crippen LogP contribution in [-0.4, -0.2) is 17.2 Å². The van der Waals surface area contributed by atoms with Crippen molar-refractivity contribution in [2.24, 2.45) is 0 Å². The molecule has 2 heterocycles. The molecule has 0 bridgehead atoms. The van der Waals surface area contributed by atoms with Crippen LogP contribution < -0.4 is 5.32 Å². The van der Waals surface area contributed by atoms with Crippen molar-refractivity contribution in [3.8, 4) is 11.3 Å². The van der Waals surface area contributed by atoms with Gasteiger partial charge in [0.05, 0.1) is 10.2 Å². The molecule has 0 atom stereocenters. The summed E-state index contributed by atoms with van der Waals surface area (Å²) in [5, 5.41) is 3.23. The molecule has 0 aliphatic heterocycles. The number of thiazole rings is 1. The second kappa shape index (κ2) is 4.90. The van der Waals surface area contributed by atoms with Gasteiger partial charge in [-0.25, -0.2) is 4.98 Å². The summed E-state index contributed by atoms with van der Waals surface area (Å²) < 4.78 is 6.33. The third-order valence-corrected chi connectivity index (χ3v) is 3.63. The summed E-state index contributed by atoms with van der Waals surface area (Å²) >= 11 is 1.39. The van der Waals surface area contributed by atoms with E-state index in [1.807, 2.05) is 18.2 Å². The molecule has 0 unspecified atom stereocenters. The zero-order chi connectivity index (χ0) is 14.1. The Kier molecular flexibility index (Phi) is 3.08. The van der Waals surface area contributed by atoms with Crippen LogP contribution in [0.5, 0.6) is 0 Å². The highest BCUT2D eigenvalue weighted by Crippen LogP contribution is 2.31. The Morgan fingerprint density at radius 2 is 2.20 bits per heavy atom. The minimum absolute atomic E-state index is 0.147. The maximum Gasteiger partial charge on any atom is 0.223 e. The standard InChI is InChI=1S/C14H10N2O3S/c1-8(18)15-14-16-11-4-2-9(6-13(11)20-14)12-5-3-10(7-17)19-12/h2-7H,1H3,(H,15,16,18). The van der Waals surface area contributed by atoms with Gasteiger partial charge in [0.15, 0.2) is 17.2 Å². The van der Waals surface area contributed by atoms with Crippen LogP contribution >= 0.6 is 11.3 Å². The second-order valence-corrected chi connectivity index (χ2v) is 5.23. The third kappa shape index (κ3) is 2.33. The van der Waals surface area contributed by atoms with Crippen molar-refractivity contribution < 1.29 is 14.0 Å². The number of hydrogen-bond donors (Lipinski definition) is 1. The maximum absolute atomic E-state index is 11.0. The fourth-order valence-corrected chi connectivity index (χ4v) is 2.80. The number of aldehydes is 1. The van der Waals surface area contributed by atoms with Crippen LogP contribution in [0.4, 0.5) is 5.13 Å².